The monoisotopic (exact) mass is 401 g/mol. The zero-order chi connectivity index (χ0) is 14.7. The number of hydrogen-bond acceptors (Lipinski definition) is 3. The van der Waals surface area contributed by atoms with Crippen LogP contribution >= 0.6 is 31.9 Å². The van der Waals surface area contributed by atoms with E-state index in [0.717, 1.165) is 9.04 Å². The van der Waals surface area contributed by atoms with Gasteiger partial charge in [0.1, 0.15) is 6.54 Å². The van der Waals surface area contributed by atoms with Gasteiger partial charge in [0.15, 0.2) is 0 Å². The second kappa shape index (κ2) is 6.19. The van der Waals surface area contributed by atoms with Gasteiger partial charge in [-0.3, -0.25) is 9.59 Å². The molecule has 2 rings (SSSR count). The van der Waals surface area contributed by atoms with Gasteiger partial charge in [-0.1, -0.05) is 15.9 Å². The summed E-state index contributed by atoms with van der Waals surface area (Å²) in [5, 5.41) is 2.60. The molecule has 1 aromatic carbocycles. The fourth-order valence-corrected chi connectivity index (χ4v) is 2.10. The van der Waals surface area contributed by atoms with Crippen LogP contribution in [0.15, 0.2) is 49.0 Å². The van der Waals surface area contributed by atoms with Crippen molar-refractivity contribution in [2.45, 2.75) is 6.54 Å². The smallest absolute Gasteiger partial charge is 0.325 e. The first kappa shape index (κ1) is 14.7. The molecule has 0 unspecified atom stereocenters. The first-order valence-electron chi connectivity index (χ1n) is 5.51. The Morgan fingerprint density at radius 1 is 1.20 bits per heavy atom. The number of aromatic amines is 1. The molecule has 2 aromatic rings. The number of halogens is 2. The molecular formula is C12H9Br2N3O3. The lowest BCUT2D eigenvalue weighted by Gasteiger charge is -2.07. The third-order valence-corrected chi connectivity index (χ3v) is 3.54. The summed E-state index contributed by atoms with van der Waals surface area (Å²) in [7, 11) is 0. The molecule has 0 bridgehead atoms. The molecule has 0 saturated carbocycles. The number of nitrogens with zero attached hydrogens (tertiary/aromatic N) is 1. The second-order valence-corrected chi connectivity index (χ2v) is 5.66. The SMILES string of the molecule is O=C(Cn1c(=O)[nH]cc(Br)c1=O)Nc1ccc(Br)cc1. The van der Waals surface area contributed by atoms with E-state index in [1.807, 2.05) is 0 Å². The highest BCUT2D eigenvalue weighted by molar-refractivity contribution is 9.10. The largest absolute Gasteiger partial charge is 0.328 e. The van der Waals surface area contributed by atoms with Gasteiger partial charge in [-0.2, -0.15) is 0 Å². The molecule has 1 heterocycles. The number of benzene rings is 1. The van der Waals surface area contributed by atoms with Crippen LogP contribution in [0.3, 0.4) is 0 Å². The molecular weight excluding hydrogens is 394 g/mol. The Morgan fingerprint density at radius 2 is 1.85 bits per heavy atom. The maximum absolute atomic E-state index is 11.8. The zero-order valence-electron chi connectivity index (χ0n) is 10.0. The Bertz CT molecular complexity index is 750. The zero-order valence-corrected chi connectivity index (χ0v) is 13.2. The molecule has 1 amide bonds. The number of rotatable bonds is 3. The first-order valence-corrected chi connectivity index (χ1v) is 7.09. The number of H-pyrrole nitrogens is 1. The lowest BCUT2D eigenvalue weighted by Crippen LogP contribution is -2.38. The number of nitrogens with one attached hydrogen (secondary N) is 2. The van der Waals surface area contributed by atoms with E-state index in [-0.39, 0.29) is 11.0 Å². The summed E-state index contributed by atoms with van der Waals surface area (Å²) in [5.74, 6) is -0.460. The molecule has 0 aliphatic carbocycles. The number of hydrogen-bond donors (Lipinski definition) is 2. The van der Waals surface area contributed by atoms with E-state index in [4.69, 9.17) is 0 Å². The van der Waals surface area contributed by atoms with Gasteiger partial charge in [0.2, 0.25) is 5.91 Å². The highest BCUT2D eigenvalue weighted by Crippen LogP contribution is 2.13. The van der Waals surface area contributed by atoms with E-state index in [1.165, 1.54) is 6.20 Å². The average Bonchev–Trinajstić information content (AvgIpc) is 2.42. The molecule has 104 valence electrons. The third-order valence-electron chi connectivity index (χ3n) is 2.45. The highest BCUT2D eigenvalue weighted by Gasteiger charge is 2.10. The molecule has 0 aliphatic heterocycles. The van der Waals surface area contributed by atoms with Crippen LogP contribution < -0.4 is 16.6 Å². The van der Waals surface area contributed by atoms with Crippen LogP contribution in [-0.2, 0) is 11.3 Å². The quantitative estimate of drug-likeness (QED) is 0.819. The summed E-state index contributed by atoms with van der Waals surface area (Å²) in [6, 6.07) is 6.95. The summed E-state index contributed by atoms with van der Waals surface area (Å²) >= 11 is 6.29. The van der Waals surface area contributed by atoms with Gasteiger partial charge in [-0.15, -0.1) is 0 Å². The number of carbonyl (C=O) groups is 1. The van der Waals surface area contributed by atoms with Gasteiger partial charge in [0.25, 0.3) is 5.56 Å². The number of aromatic nitrogens is 2. The lowest BCUT2D eigenvalue weighted by atomic mass is 10.3. The third kappa shape index (κ3) is 3.45. The van der Waals surface area contributed by atoms with Crippen molar-refractivity contribution in [3.05, 3.63) is 60.2 Å². The van der Waals surface area contributed by atoms with Crippen molar-refractivity contribution in [3.63, 3.8) is 0 Å². The molecule has 8 heteroatoms. The summed E-state index contributed by atoms with van der Waals surface area (Å²) in [6.07, 6.45) is 1.24. The van der Waals surface area contributed by atoms with Gasteiger partial charge >= 0.3 is 5.69 Å². The summed E-state index contributed by atoms with van der Waals surface area (Å²) < 4.78 is 1.89. The van der Waals surface area contributed by atoms with E-state index in [2.05, 4.69) is 42.2 Å². The van der Waals surface area contributed by atoms with E-state index < -0.39 is 17.2 Å². The van der Waals surface area contributed by atoms with Crippen LogP contribution in [0.5, 0.6) is 0 Å². The number of amides is 1. The number of anilines is 1. The number of carbonyl (C=O) groups excluding carboxylic acids is 1. The summed E-state index contributed by atoms with van der Waals surface area (Å²) in [5.41, 5.74) is -0.610. The standard InChI is InChI=1S/C12H9Br2N3O3/c13-7-1-3-8(4-2-7)16-10(18)6-17-11(19)9(14)5-15-12(17)20/h1-5H,6H2,(H,15,20)(H,16,18). The fourth-order valence-electron chi connectivity index (χ4n) is 1.51. The van der Waals surface area contributed by atoms with Crippen LogP contribution in [0.1, 0.15) is 0 Å². The molecule has 20 heavy (non-hydrogen) atoms. The molecule has 0 spiro atoms. The van der Waals surface area contributed by atoms with Crippen molar-refractivity contribution in [1.82, 2.24) is 9.55 Å². The minimum Gasteiger partial charge on any atom is -0.325 e. The molecule has 0 fully saturated rings. The maximum atomic E-state index is 11.8. The van der Waals surface area contributed by atoms with Crippen molar-refractivity contribution >= 4 is 43.5 Å². The predicted molar refractivity (Wildman–Crippen MR) is 81.8 cm³/mol. The maximum Gasteiger partial charge on any atom is 0.328 e. The Kier molecular flexibility index (Phi) is 4.56. The van der Waals surface area contributed by atoms with E-state index in [0.29, 0.717) is 5.69 Å². The lowest BCUT2D eigenvalue weighted by molar-refractivity contribution is -0.116. The molecule has 2 N–H and O–H groups in total. The summed E-state index contributed by atoms with van der Waals surface area (Å²) in [4.78, 5) is 37.4. The van der Waals surface area contributed by atoms with Gasteiger partial charge in [0, 0.05) is 16.4 Å². The highest BCUT2D eigenvalue weighted by atomic mass is 79.9. The van der Waals surface area contributed by atoms with E-state index >= 15 is 0 Å². The topological polar surface area (TPSA) is 84.0 Å². The van der Waals surface area contributed by atoms with Crippen LogP contribution in [0.2, 0.25) is 0 Å². The Hall–Kier alpha value is -1.67. The van der Waals surface area contributed by atoms with E-state index in [1.54, 1.807) is 24.3 Å². The van der Waals surface area contributed by atoms with Crippen LogP contribution in [0, 0.1) is 0 Å². The first-order chi connectivity index (χ1) is 9.47. The van der Waals surface area contributed by atoms with Crippen molar-refractivity contribution in [2.24, 2.45) is 0 Å². The van der Waals surface area contributed by atoms with Gasteiger partial charge in [-0.05, 0) is 40.2 Å². The van der Waals surface area contributed by atoms with Crippen molar-refractivity contribution in [3.8, 4) is 0 Å². The molecule has 6 nitrogen and oxygen atoms in total. The molecule has 1 aromatic heterocycles. The second-order valence-electron chi connectivity index (χ2n) is 3.89. The van der Waals surface area contributed by atoms with Gasteiger partial charge in [0.05, 0.1) is 4.47 Å². The van der Waals surface area contributed by atoms with Crippen LogP contribution in [0.25, 0.3) is 0 Å². The molecule has 0 saturated heterocycles. The minimum absolute atomic E-state index is 0.188. The van der Waals surface area contributed by atoms with Crippen LogP contribution in [0.4, 0.5) is 5.69 Å². The van der Waals surface area contributed by atoms with Crippen LogP contribution in [-0.4, -0.2) is 15.5 Å². The van der Waals surface area contributed by atoms with Crippen molar-refractivity contribution in [1.29, 1.82) is 0 Å². The summed E-state index contributed by atoms with van der Waals surface area (Å²) in [6.45, 7) is -0.357. The Morgan fingerprint density at radius 3 is 2.50 bits per heavy atom. The average molecular weight is 403 g/mol. The fraction of sp³-hybridized carbons (Fsp3) is 0.0833. The minimum atomic E-state index is -0.635. The van der Waals surface area contributed by atoms with E-state index in [9.17, 15) is 14.4 Å². The van der Waals surface area contributed by atoms with Crippen molar-refractivity contribution < 1.29 is 4.79 Å². The Balaban J connectivity index is 2.17. The van der Waals surface area contributed by atoms with Gasteiger partial charge in [-0.25, -0.2) is 9.36 Å². The molecule has 0 atom stereocenters. The predicted octanol–water partition coefficient (Wildman–Crippen LogP) is 1.70. The van der Waals surface area contributed by atoms with Crippen molar-refractivity contribution in [2.75, 3.05) is 5.32 Å². The molecule has 0 aliphatic rings. The Labute approximate surface area is 130 Å². The molecule has 0 radical (unpaired) electrons. The van der Waals surface area contributed by atoms with Gasteiger partial charge < -0.3 is 10.3 Å². The normalized spacial score (nSPS) is 10.3.